The van der Waals surface area contributed by atoms with Crippen LogP contribution in [-0.4, -0.2) is 37.7 Å². The number of hydrogen-bond donors (Lipinski definition) is 0. The fraction of sp³-hybridized carbons (Fsp3) is 0.875. The monoisotopic (exact) mass is 253 g/mol. The Balaban J connectivity index is 2.29. The van der Waals surface area contributed by atoms with Gasteiger partial charge in [-0.2, -0.15) is 0 Å². The van der Waals surface area contributed by atoms with E-state index in [1.165, 1.54) is 51.5 Å². The van der Waals surface area contributed by atoms with Crippen LogP contribution in [0.2, 0.25) is 0 Å². The second-order valence-electron chi connectivity index (χ2n) is 5.35. The van der Waals surface area contributed by atoms with Crippen LogP contribution in [0.3, 0.4) is 0 Å². The third kappa shape index (κ3) is 7.17. The first-order valence-corrected chi connectivity index (χ1v) is 7.84. The van der Waals surface area contributed by atoms with Crippen molar-refractivity contribution in [2.75, 3.05) is 32.8 Å². The smallest absolute Gasteiger partial charge is 0.0594 e. The van der Waals surface area contributed by atoms with Gasteiger partial charge in [-0.25, -0.2) is 0 Å². The van der Waals surface area contributed by atoms with E-state index in [0.29, 0.717) is 0 Å². The van der Waals surface area contributed by atoms with Gasteiger partial charge < -0.3 is 4.74 Å². The molecule has 1 fully saturated rings. The van der Waals surface area contributed by atoms with Gasteiger partial charge in [0.05, 0.1) is 13.2 Å². The van der Waals surface area contributed by atoms with E-state index in [2.05, 4.69) is 24.8 Å². The van der Waals surface area contributed by atoms with Crippen LogP contribution in [0.4, 0.5) is 0 Å². The normalized spacial score (nSPS) is 18.2. The first-order chi connectivity index (χ1) is 8.86. The summed E-state index contributed by atoms with van der Waals surface area (Å²) in [6.07, 6.45) is 11.8. The molecule has 0 radical (unpaired) electrons. The van der Waals surface area contributed by atoms with E-state index < -0.39 is 0 Å². The Morgan fingerprint density at radius 3 is 2.50 bits per heavy atom. The molecule has 1 aliphatic heterocycles. The first kappa shape index (κ1) is 15.7. The summed E-state index contributed by atoms with van der Waals surface area (Å²) >= 11 is 0. The van der Waals surface area contributed by atoms with Gasteiger partial charge in [-0.1, -0.05) is 51.2 Å². The molecule has 0 unspecified atom stereocenters. The highest BCUT2D eigenvalue weighted by Gasteiger charge is 2.11. The van der Waals surface area contributed by atoms with Crippen LogP contribution in [0.5, 0.6) is 0 Å². The molecule has 18 heavy (non-hydrogen) atoms. The molecule has 106 valence electrons. The minimum absolute atomic E-state index is 0.914. The summed E-state index contributed by atoms with van der Waals surface area (Å²) in [5.74, 6) is 0. The average molecular weight is 253 g/mol. The second-order valence-corrected chi connectivity index (χ2v) is 5.35. The predicted octanol–water partition coefficient (Wildman–Crippen LogP) is 4.02. The SMILES string of the molecule is CCC/C=C(\CCCCCC)CN1CCOCC1. The molecule has 0 aromatic rings. The molecule has 0 aromatic heterocycles. The minimum Gasteiger partial charge on any atom is -0.379 e. The third-order valence-corrected chi connectivity index (χ3v) is 3.60. The fourth-order valence-electron chi connectivity index (χ4n) is 2.42. The fourth-order valence-corrected chi connectivity index (χ4v) is 2.42. The molecule has 2 nitrogen and oxygen atoms in total. The quantitative estimate of drug-likeness (QED) is 0.454. The first-order valence-electron chi connectivity index (χ1n) is 7.84. The summed E-state index contributed by atoms with van der Waals surface area (Å²) in [6, 6.07) is 0. The van der Waals surface area contributed by atoms with Crippen molar-refractivity contribution in [2.45, 2.75) is 58.8 Å². The van der Waals surface area contributed by atoms with E-state index in [4.69, 9.17) is 4.74 Å². The van der Waals surface area contributed by atoms with Gasteiger partial charge in [0.15, 0.2) is 0 Å². The van der Waals surface area contributed by atoms with E-state index in [1.54, 1.807) is 5.57 Å². The Bertz CT molecular complexity index is 219. The van der Waals surface area contributed by atoms with Gasteiger partial charge >= 0.3 is 0 Å². The van der Waals surface area contributed by atoms with Crippen molar-refractivity contribution in [1.29, 1.82) is 0 Å². The van der Waals surface area contributed by atoms with Gasteiger partial charge in [-0.15, -0.1) is 0 Å². The predicted molar refractivity (Wildman–Crippen MR) is 79.0 cm³/mol. The molecule has 0 N–H and O–H groups in total. The summed E-state index contributed by atoms with van der Waals surface area (Å²) in [4.78, 5) is 2.55. The van der Waals surface area contributed by atoms with Crippen molar-refractivity contribution in [1.82, 2.24) is 4.90 Å². The molecule has 0 bridgehead atoms. The zero-order valence-electron chi connectivity index (χ0n) is 12.4. The zero-order chi connectivity index (χ0) is 13.1. The number of rotatable bonds is 9. The van der Waals surface area contributed by atoms with Gasteiger partial charge in [0.1, 0.15) is 0 Å². The number of nitrogens with zero attached hydrogens (tertiary/aromatic N) is 1. The van der Waals surface area contributed by atoms with Crippen molar-refractivity contribution in [3.63, 3.8) is 0 Å². The number of ether oxygens (including phenoxy) is 1. The minimum atomic E-state index is 0.914. The maximum Gasteiger partial charge on any atom is 0.0594 e. The van der Waals surface area contributed by atoms with Crippen LogP contribution in [0, 0.1) is 0 Å². The lowest BCUT2D eigenvalue weighted by molar-refractivity contribution is 0.0419. The number of unbranched alkanes of at least 4 members (excludes halogenated alkanes) is 4. The molecule has 0 aliphatic carbocycles. The molecule has 0 saturated carbocycles. The number of morpholine rings is 1. The van der Waals surface area contributed by atoms with Gasteiger partial charge in [-0.3, -0.25) is 4.90 Å². The van der Waals surface area contributed by atoms with E-state index in [-0.39, 0.29) is 0 Å². The maximum atomic E-state index is 5.41. The number of hydrogen-bond acceptors (Lipinski definition) is 2. The summed E-state index contributed by atoms with van der Waals surface area (Å²) < 4.78 is 5.41. The molecule has 1 saturated heterocycles. The lowest BCUT2D eigenvalue weighted by atomic mass is 10.0. The van der Waals surface area contributed by atoms with Crippen LogP contribution in [0.25, 0.3) is 0 Å². The average Bonchev–Trinajstić information content (AvgIpc) is 2.41. The highest BCUT2D eigenvalue weighted by Crippen LogP contribution is 2.14. The molecule has 0 spiro atoms. The summed E-state index contributed by atoms with van der Waals surface area (Å²) in [6.45, 7) is 9.77. The maximum absolute atomic E-state index is 5.41. The lowest BCUT2D eigenvalue weighted by Gasteiger charge is -2.27. The van der Waals surface area contributed by atoms with E-state index in [1.807, 2.05) is 0 Å². The number of allylic oxidation sites excluding steroid dienone is 1. The van der Waals surface area contributed by atoms with Crippen LogP contribution in [0.15, 0.2) is 11.6 Å². The Morgan fingerprint density at radius 2 is 1.83 bits per heavy atom. The van der Waals surface area contributed by atoms with E-state index >= 15 is 0 Å². The molecule has 0 amide bonds. The topological polar surface area (TPSA) is 12.5 Å². The highest BCUT2D eigenvalue weighted by molar-refractivity contribution is 5.04. The van der Waals surface area contributed by atoms with E-state index in [0.717, 1.165) is 26.3 Å². The Labute approximate surface area is 113 Å². The van der Waals surface area contributed by atoms with Crippen molar-refractivity contribution in [3.8, 4) is 0 Å². The standard InChI is InChI=1S/C16H31NO/c1-3-5-7-8-10-16(9-6-4-2)15-17-11-13-18-14-12-17/h9H,3-8,10-15H2,1-2H3/b16-9+. The van der Waals surface area contributed by atoms with Crippen molar-refractivity contribution in [2.24, 2.45) is 0 Å². The van der Waals surface area contributed by atoms with E-state index in [9.17, 15) is 0 Å². The highest BCUT2D eigenvalue weighted by atomic mass is 16.5. The van der Waals surface area contributed by atoms with Gasteiger partial charge in [0.25, 0.3) is 0 Å². The molecule has 1 rings (SSSR count). The summed E-state index contributed by atoms with van der Waals surface area (Å²) in [5.41, 5.74) is 1.66. The molecular weight excluding hydrogens is 222 g/mol. The van der Waals surface area contributed by atoms with Crippen LogP contribution >= 0.6 is 0 Å². The molecule has 1 heterocycles. The second kappa shape index (κ2) is 10.6. The van der Waals surface area contributed by atoms with Crippen molar-refractivity contribution in [3.05, 3.63) is 11.6 Å². The van der Waals surface area contributed by atoms with Crippen molar-refractivity contribution >= 4 is 0 Å². The van der Waals surface area contributed by atoms with Gasteiger partial charge in [-0.05, 0) is 19.3 Å². The Hall–Kier alpha value is -0.340. The lowest BCUT2D eigenvalue weighted by Crippen LogP contribution is -2.37. The Kier molecular flexibility index (Phi) is 9.23. The molecule has 0 aromatic carbocycles. The third-order valence-electron chi connectivity index (χ3n) is 3.60. The van der Waals surface area contributed by atoms with Crippen molar-refractivity contribution < 1.29 is 4.74 Å². The summed E-state index contributed by atoms with van der Waals surface area (Å²) in [7, 11) is 0. The van der Waals surface area contributed by atoms with Crippen LogP contribution < -0.4 is 0 Å². The Morgan fingerprint density at radius 1 is 1.06 bits per heavy atom. The van der Waals surface area contributed by atoms with Crippen LogP contribution in [-0.2, 0) is 4.74 Å². The van der Waals surface area contributed by atoms with Gasteiger partial charge in [0.2, 0.25) is 0 Å². The molecule has 1 aliphatic rings. The van der Waals surface area contributed by atoms with Gasteiger partial charge in [0, 0.05) is 19.6 Å². The van der Waals surface area contributed by atoms with Crippen LogP contribution in [0.1, 0.15) is 58.8 Å². The summed E-state index contributed by atoms with van der Waals surface area (Å²) in [5, 5.41) is 0. The molecule has 0 atom stereocenters. The molecule has 2 heteroatoms. The zero-order valence-corrected chi connectivity index (χ0v) is 12.4. The largest absolute Gasteiger partial charge is 0.379 e. The molecular formula is C16H31NO.